The summed E-state index contributed by atoms with van der Waals surface area (Å²) in [6, 6.07) is 0.288. The van der Waals surface area contributed by atoms with E-state index in [-0.39, 0.29) is 17.9 Å². The standard InChI is InChI=1S/C15H27N3O2/c1-11(6-8-16)2-5-15(20)18-9-7-13-12(10-18)3-4-14(19)17-13/h11-13H,2-10,16H2,1H3,(H,17,19). The molecule has 0 aliphatic carbocycles. The van der Waals surface area contributed by atoms with E-state index >= 15 is 0 Å². The van der Waals surface area contributed by atoms with Crippen molar-refractivity contribution in [1.29, 1.82) is 0 Å². The van der Waals surface area contributed by atoms with Crippen molar-refractivity contribution in [3.63, 3.8) is 0 Å². The van der Waals surface area contributed by atoms with E-state index in [9.17, 15) is 9.59 Å². The summed E-state index contributed by atoms with van der Waals surface area (Å²) in [5.41, 5.74) is 5.53. The highest BCUT2D eigenvalue weighted by molar-refractivity contribution is 5.78. The van der Waals surface area contributed by atoms with E-state index in [0.29, 0.717) is 31.2 Å². The lowest BCUT2D eigenvalue weighted by molar-refractivity contribution is -0.135. The Morgan fingerprint density at radius 1 is 1.45 bits per heavy atom. The fraction of sp³-hybridized carbons (Fsp3) is 0.867. The third-order valence-corrected chi connectivity index (χ3v) is 4.69. The number of piperidine rings is 2. The van der Waals surface area contributed by atoms with Crippen molar-refractivity contribution in [2.75, 3.05) is 19.6 Å². The molecule has 0 spiro atoms. The van der Waals surface area contributed by atoms with Crippen molar-refractivity contribution in [2.24, 2.45) is 17.6 Å². The first kappa shape index (κ1) is 15.3. The molecule has 114 valence electrons. The van der Waals surface area contributed by atoms with Crippen LogP contribution in [0.5, 0.6) is 0 Å². The number of rotatable bonds is 5. The number of nitrogens with two attached hydrogens (primary N) is 1. The normalized spacial score (nSPS) is 27.7. The Labute approximate surface area is 121 Å². The van der Waals surface area contributed by atoms with Crippen LogP contribution in [-0.2, 0) is 9.59 Å². The maximum atomic E-state index is 12.3. The summed E-state index contributed by atoms with van der Waals surface area (Å²) in [6.07, 6.45) is 4.98. The van der Waals surface area contributed by atoms with Crippen LogP contribution < -0.4 is 11.1 Å². The molecule has 0 saturated carbocycles. The van der Waals surface area contributed by atoms with Gasteiger partial charge >= 0.3 is 0 Å². The number of nitrogens with zero attached hydrogens (tertiary/aromatic N) is 1. The van der Waals surface area contributed by atoms with Crippen LogP contribution in [0.2, 0.25) is 0 Å². The van der Waals surface area contributed by atoms with E-state index in [1.807, 2.05) is 4.90 Å². The summed E-state index contributed by atoms with van der Waals surface area (Å²) < 4.78 is 0. The van der Waals surface area contributed by atoms with E-state index in [0.717, 1.165) is 38.8 Å². The molecule has 0 bridgehead atoms. The first-order valence-corrected chi connectivity index (χ1v) is 7.87. The maximum Gasteiger partial charge on any atom is 0.222 e. The van der Waals surface area contributed by atoms with Crippen molar-refractivity contribution in [2.45, 2.75) is 51.5 Å². The van der Waals surface area contributed by atoms with E-state index in [4.69, 9.17) is 5.73 Å². The van der Waals surface area contributed by atoms with Gasteiger partial charge in [-0.15, -0.1) is 0 Å². The van der Waals surface area contributed by atoms with Gasteiger partial charge in [-0.1, -0.05) is 6.92 Å². The smallest absolute Gasteiger partial charge is 0.222 e. The van der Waals surface area contributed by atoms with Gasteiger partial charge in [-0.2, -0.15) is 0 Å². The van der Waals surface area contributed by atoms with Gasteiger partial charge in [-0.3, -0.25) is 9.59 Å². The lowest BCUT2D eigenvalue weighted by Gasteiger charge is -2.41. The largest absolute Gasteiger partial charge is 0.353 e. The van der Waals surface area contributed by atoms with Crippen LogP contribution in [0.15, 0.2) is 0 Å². The highest BCUT2D eigenvalue weighted by Crippen LogP contribution is 2.26. The Hall–Kier alpha value is -1.10. The van der Waals surface area contributed by atoms with Gasteiger partial charge in [-0.05, 0) is 44.1 Å². The number of hydrogen-bond donors (Lipinski definition) is 2. The molecule has 5 nitrogen and oxygen atoms in total. The third-order valence-electron chi connectivity index (χ3n) is 4.69. The molecule has 2 amide bonds. The molecular weight excluding hydrogens is 254 g/mol. The van der Waals surface area contributed by atoms with Crippen LogP contribution in [0, 0.1) is 11.8 Å². The van der Waals surface area contributed by atoms with E-state index < -0.39 is 0 Å². The van der Waals surface area contributed by atoms with Crippen molar-refractivity contribution in [3.8, 4) is 0 Å². The Bertz CT molecular complexity index is 359. The quantitative estimate of drug-likeness (QED) is 0.785. The predicted octanol–water partition coefficient (Wildman–Crippen LogP) is 0.879. The summed E-state index contributed by atoms with van der Waals surface area (Å²) in [5.74, 6) is 1.41. The van der Waals surface area contributed by atoms with Gasteiger partial charge in [0.15, 0.2) is 0 Å². The van der Waals surface area contributed by atoms with Gasteiger partial charge in [0.05, 0.1) is 0 Å². The molecule has 0 aromatic heterocycles. The summed E-state index contributed by atoms with van der Waals surface area (Å²) in [7, 11) is 0. The van der Waals surface area contributed by atoms with Crippen LogP contribution >= 0.6 is 0 Å². The number of likely N-dealkylation sites (tertiary alicyclic amines) is 1. The maximum absolute atomic E-state index is 12.3. The Kier molecular flexibility index (Phi) is 5.40. The van der Waals surface area contributed by atoms with E-state index in [1.165, 1.54) is 0 Å². The highest BCUT2D eigenvalue weighted by atomic mass is 16.2. The Morgan fingerprint density at radius 3 is 3.00 bits per heavy atom. The lowest BCUT2D eigenvalue weighted by atomic mass is 9.85. The minimum Gasteiger partial charge on any atom is -0.353 e. The zero-order valence-corrected chi connectivity index (χ0v) is 12.4. The zero-order chi connectivity index (χ0) is 14.5. The van der Waals surface area contributed by atoms with Gasteiger partial charge < -0.3 is 16.0 Å². The molecule has 20 heavy (non-hydrogen) atoms. The second-order valence-electron chi connectivity index (χ2n) is 6.32. The molecule has 2 fully saturated rings. The molecule has 2 saturated heterocycles. The summed E-state index contributed by atoms with van der Waals surface area (Å²) in [4.78, 5) is 25.6. The second-order valence-corrected chi connectivity index (χ2v) is 6.32. The lowest BCUT2D eigenvalue weighted by Crippen LogP contribution is -2.55. The average Bonchev–Trinajstić information content (AvgIpc) is 2.44. The SMILES string of the molecule is CC(CCN)CCC(=O)N1CCC2NC(=O)CCC2C1. The van der Waals surface area contributed by atoms with Crippen LogP contribution in [0.4, 0.5) is 0 Å². The monoisotopic (exact) mass is 281 g/mol. The minimum atomic E-state index is 0.168. The molecule has 0 aromatic carbocycles. The molecular formula is C15H27N3O2. The number of hydrogen-bond acceptors (Lipinski definition) is 3. The molecule has 2 aliphatic heterocycles. The number of amides is 2. The fourth-order valence-corrected chi connectivity index (χ4v) is 3.29. The topological polar surface area (TPSA) is 75.4 Å². The molecule has 5 heteroatoms. The Morgan fingerprint density at radius 2 is 2.25 bits per heavy atom. The molecule has 3 unspecified atom stereocenters. The van der Waals surface area contributed by atoms with Crippen molar-refractivity contribution >= 4 is 11.8 Å². The second kappa shape index (κ2) is 7.07. The zero-order valence-electron chi connectivity index (χ0n) is 12.4. The summed E-state index contributed by atoms with van der Waals surface area (Å²) in [6.45, 7) is 4.45. The number of carbonyl (C=O) groups excluding carboxylic acids is 2. The first-order chi connectivity index (χ1) is 9.60. The minimum absolute atomic E-state index is 0.168. The molecule has 0 radical (unpaired) electrons. The molecule has 0 aromatic rings. The van der Waals surface area contributed by atoms with Crippen LogP contribution in [0.3, 0.4) is 0 Å². The first-order valence-electron chi connectivity index (χ1n) is 7.87. The van der Waals surface area contributed by atoms with Gasteiger partial charge in [0, 0.05) is 32.0 Å². The van der Waals surface area contributed by atoms with Crippen LogP contribution in [0.1, 0.15) is 45.4 Å². The van der Waals surface area contributed by atoms with Gasteiger partial charge in [-0.25, -0.2) is 0 Å². The predicted molar refractivity (Wildman–Crippen MR) is 77.9 cm³/mol. The number of carbonyl (C=O) groups is 2. The average molecular weight is 281 g/mol. The van der Waals surface area contributed by atoms with Crippen molar-refractivity contribution in [3.05, 3.63) is 0 Å². The Balaban J connectivity index is 1.76. The van der Waals surface area contributed by atoms with Crippen LogP contribution in [-0.4, -0.2) is 42.4 Å². The summed E-state index contributed by atoms with van der Waals surface area (Å²) >= 11 is 0. The van der Waals surface area contributed by atoms with E-state index in [1.54, 1.807) is 0 Å². The molecule has 2 aliphatic rings. The summed E-state index contributed by atoms with van der Waals surface area (Å²) in [5, 5.41) is 3.05. The van der Waals surface area contributed by atoms with Crippen molar-refractivity contribution in [1.82, 2.24) is 10.2 Å². The van der Waals surface area contributed by atoms with Crippen LogP contribution in [0.25, 0.3) is 0 Å². The molecule has 3 N–H and O–H groups in total. The van der Waals surface area contributed by atoms with Gasteiger partial charge in [0.1, 0.15) is 0 Å². The van der Waals surface area contributed by atoms with Crippen molar-refractivity contribution < 1.29 is 9.59 Å². The molecule has 2 rings (SSSR count). The third kappa shape index (κ3) is 3.95. The number of fused-ring (bicyclic) bond motifs is 1. The number of nitrogens with one attached hydrogen (secondary N) is 1. The van der Waals surface area contributed by atoms with E-state index in [2.05, 4.69) is 12.2 Å². The molecule has 3 atom stereocenters. The molecule has 2 heterocycles. The fourth-order valence-electron chi connectivity index (χ4n) is 3.29. The highest BCUT2D eigenvalue weighted by Gasteiger charge is 2.35. The van der Waals surface area contributed by atoms with Gasteiger partial charge in [0.2, 0.25) is 11.8 Å². The van der Waals surface area contributed by atoms with Gasteiger partial charge in [0.25, 0.3) is 0 Å².